The van der Waals surface area contributed by atoms with Gasteiger partial charge in [0.2, 0.25) is 0 Å². The SMILES string of the molecule is Cc1cc(-c2cc(C(=O)Nc3ccc(O[C@H]4CCNC4)c(-c4ccc(F)cc4C)c3)ccc2O[C@H]2CCNC2)ccc1F. The lowest BCUT2D eigenvalue weighted by atomic mass is 9.98. The molecule has 43 heavy (non-hydrogen) atoms. The van der Waals surface area contributed by atoms with E-state index < -0.39 is 0 Å². The van der Waals surface area contributed by atoms with Crippen LogP contribution in [-0.2, 0) is 0 Å². The van der Waals surface area contributed by atoms with E-state index in [1.165, 1.54) is 18.2 Å². The fourth-order valence-corrected chi connectivity index (χ4v) is 5.68. The molecule has 0 aromatic heterocycles. The van der Waals surface area contributed by atoms with Crippen LogP contribution in [0.3, 0.4) is 0 Å². The highest BCUT2D eigenvalue weighted by atomic mass is 19.1. The molecule has 0 bridgehead atoms. The van der Waals surface area contributed by atoms with Gasteiger partial charge in [0.1, 0.15) is 35.3 Å². The molecule has 2 atom stereocenters. The molecule has 3 N–H and O–H groups in total. The number of benzene rings is 4. The lowest BCUT2D eigenvalue weighted by Crippen LogP contribution is -2.20. The molecule has 6 rings (SSSR count). The summed E-state index contributed by atoms with van der Waals surface area (Å²) in [6, 6.07) is 20.4. The van der Waals surface area contributed by atoms with Gasteiger partial charge in [-0.3, -0.25) is 4.79 Å². The van der Waals surface area contributed by atoms with E-state index in [-0.39, 0.29) is 29.7 Å². The summed E-state index contributed by atoms with van der Waals surface area (Å²) in [5.41, 5.74) is 5.40. The molecule has 8 heteroatoms. The summed E-state index contributed by atoms with van der Waals surface area (Å²) in [7, 11) is 0. The van der Waals surface area contributed by atoms with Gasteiger partial charge < -0.3 is 25.4 Å². The number of hydrogen-bond acceptors (Lipinski definition) is 5. The van der Waals surface area contributed by atoms with E-state index >= 15 is 0 Å². The highest BCUT2D eigenvalue weighted by Gasteiger charge is 2.22. The number of hydrogen-bond donors (Lipinski definition) is 3. The van der Waals surface area contributed by atoms with Crippen LogP contribution in [0.1, 0.15) is 34.3 Å². The minimum absolute atomic E-state index is 0.0223. The molecule has 4 aromatic carbocycles. The molecule has 222 valence electrons. The molecular formula is C35H35F2N3O3. The van der Waals surface area contributed by atoms with Crippen molar-refractivity contribution in [3.8, 4) is 33.8 Å². The van der Waals surface area contributed by atoms with Crippen molar-refractivity contribution in [1.82, 2.24) is 10.6 Å². The van der Waals surface area contributed by atoms with Gasteiger partial charge in [0, 0.05) is 35.5 Å². The van der Waals surface area contributed by atoms with Crippen LogP contribution in [0.15, 0.2) is 72.8 Å². The van der Waals surface area contributed by atoms with Gasteiger partial charge in [-0.2, -0.15) is 0 Å². The predicted octanol–water partition coefficient (Wildman–Crippen LogP) is 6.65. The number of carbonyl (C=O) groups is 1. The van der Waals surface area contributed by atoms with Crippen LogP contribution in [0.5, 0.6) is 11.5 Å². The number of halogens is 2. The van der Waals surface area contributed by atoms with Crippen LogP contribution in [0.25, 0.3) is 22.3 Å². The third-order valence-electron chi connectivity index (χ3n) is 8.04. The van der Waals surface area contributed by atoms with Gasteiger partial charge >= 0.3 is 0 Å². The summed E-state index contributed by atoms with van der Waals surface area (Å²) in [5, 5.41) is 9.63. The molecule has 0 radical (unpaired) electrons. The number of ether oxygens (including phenoxy) is 2. The van der Waals surface area contributed by atoms with Gasteiger partial charge in [-0.05, 0) is 123 Å². The molecule has 0 spiro atoms. The number of aryl methyl sites for hydroxylation is 2. The van der Waals surface area contributed by atoms with E-state index in [9.17, 15) is 13.6 Å². The van der Waals surface area contributed by atoms with Crippen molar-refractivity contribution in [2.75, 3.05) is 31.5 Å². The minimum Gasteiger partial charge on any atom is -0.488 e. The maximum Gasteiger partial charge on any atom is 0.255 e. The molecule has 0 unspecified atom stereocenters. The molecule has 6 nitrogen and oxygen atoms in total. The Morgan fingerprint density at radius 1 is 0.744 bits per heavy atom. The Morgan fingerprint density at radius 3 is 2.09 bits per heavy atom. The van der Waals surface area contributed by atoms with Crippen molar-refractivity contribution in [2.45, 2.75) is 38.9 Å². The molecule has 0 aliphatic carbocycles. The molecule has 2 saturated heterocycles. The second kappa shape index (κ2) is 12.5. The summed E-state index contributed by atoms with van der Waals surface area (Å²) in [6.07, 6.45) is 1.84. The third-order valence-corrected chi connectivity index (χ3v) is 8.04. The maximum atomic E-state index is 14.1. The van der Waals surface area contributed by atoms with Crippen molar-refractivity contribution in [1.29, 1.82) is 0 Å². The first-order valence-electron chi connectivity index (χ1n) is 14.7. The van der Waals surface area contributed by atoms with Crippen molar-refractivity contribution in [3.05, 3.63) is 101 Å². The number of carbonyl (C=O) groups excluding carboxylic acids is 1. The first-order valence-corrected chi connectivity index (χ1v) is 14.7. The number of anilines is 1. The number of nitrogens with one attached hydrogen (secondary N) is 3. The zero-order valence-electron chi connectivity index (χ0n) is 24.3. The zero-order chi connectivity index (χ0) is 29.9. The lowest BCUT2D eigenvalue weighted by Gasteiger charge is -2.19. The third kappa shape index (κ3) is 6.55. The highest BCUT2D eigenvalue weighted by Crippen LogP contribution is 2.37. The van der Waals surface area contributed by atoms with Crippen molar-refractivity contribution < 1.29 is 23.0 Å². The second-order valence-corrected chi connectivity index (χ2v) is 11.3. The van der Waals surface area contributed by atoms with Gasteiger partial charge in [0.25, 0.3) is 5.91 Å². The van der Waals surface area contributed by atoms with E-state index in [2.05, 4.69) is 16.0 Å². The normalized spacial score (nSPS) is 18.0. The van der Waals surface area contributed by atoms with Crippen LogP contribution >= 0.6 is 0 Å². The van der Waals surface area contributed by atoms with Crippen LogP contribution in [-0.4, -0.2) is 44.3 Å². The van der Waals surface area contributed by atoms with Crippen LogP contribution in [0.4, 0.5) is 14.5 Å². The van der Waals surface area contributed by atoms with Gasteiger partial charge in [-0.15, -0.1) is 0 Å². The van der Waals surface area contributed by atoms with Crippen LogP contribution < -0.4 is 25.4 Å². The van der Waals surface area contributed by atoms with E-state index in [1.807, 2.05) is 25.1 Å². The van der Waals surface area contributed by atoms with Crippen molar-refractivity contribution in [2.24, 2.45) is 0 Å². The molecule has 2 aliphatic heterocycles. The maximum absolute atomic E-state index is 14.1. The molecule has 4 aromatic rings. The monoisotopic (exact) mass is 583 g/mol. The van der Waals surface area contributed by atoms with Gasteiger partial charge in [0.15, 0.2) is 0 Å². The standard InChI is InChI=1S/C35H35F2N3O3/c1-21-16-25(36)5-7-29(21)31-18-26(6-10-34(31)43-28-12-14-39-20-28)40-35(41)24-4-9-33(42-27-11-13-38-19-27)30(17-24)23-3-8-32(37)22(2)15-23/h3-10,15-18,27-28,38-39H,11-14,19-20H2,1-2H3,(H,40,41)/t27-,28-/m0/s1. The number of amides is 1. The predicted molar refractivity (Wildman–Crippen MR) is 165 cm³/mol. The fourth-order valence-electron chi connectivity index (χ4n) is 5.68. The van der Waals surface area contributed by atoms with E-state index in [0.29, 0.717) is 28.3 Å². The van der Waals surface area contributed by atoms with Crippen LogP contribution in [0.2, 0.25) is 0 Å². The van der Waals surface area contributed by atoms with E-state index in [1.54, 1.807) is 43.3 Å². The van der Waals surface area contributed by atoms with Crippen molar-refractivity contribution in [3.63, 3.8) is 0 Å². The van der Waals surface area contributed by atoms with E-state index in [0.717, 1.165) is 66.8 Å². The minimum atomic E-state index is -0.308. The summed E-state index contributed by atoms with van der Waals surface area (Å²) >= 11 is 0. The van der Waals surface area contributed by atoms with Gasteiger partial charge in [0.05, 0.1) is 0 Å². The van der Waals surface area contributed by atoms with Crippen molar-refractivity contribution >= 4 is 11.6 Å². The average Bonchev–Trinajstić information content (AvgIpc) is 3.70. The topological polar surface area (TPSA) is 71.6 Å². The summed E-state index contributed by atoms with van der Waals surface area (Å²) in [5.74, 6) is 0.428. The Morgan fingerprint density at radius 2 is 1.44 bits per heavy atom. The zero-order valence-corrected chi connectivity index (χ0v) is 24.3. The summed E-state index contributed by atoms with van der Waals surface area (Å²) < 4.78 is 40.7. The highest BCUT2D eigenvalue weighted by molar-refractivity contribution is 6.05. The molecule has 0 saturated carbocycles. The fraction of sp³-hybridized carbons (Fsp3) is 0.286. The molecule has 2 heterocycles. The Bertz CT molecular complexity index is 1650. The Balaban J connectivity index is 1.31. The average molecular weight is 584 g/mol. The smallest absolute Gasteiger partial charge is 0.255 e. The summed E-state index contributed by atoms with van der Waals surface area (Å²) in [4.78, 5) is 13.6. The second-order valence-electron chi connectivity index (χ2n) is 11.3. The lowest BCUT2D eigenvalue weighted by molar-refractivity contribution is 0.102. The molecule has 2 aliphatic rings. The molecule has 1 amide bonds. The van der Waals surface area contributed by atoms with E-state index in [4.69, 9.17) is 9.47 Å². The molecular weight excluding hydrogens is 548 g/mol. The largest absolute Gasteiger partial charge is 0.488 e. The summed E-state index contributed by atoms with van der Waals surface area (Å²) in [6.45, 7) is 6.86. The molecule has 2 fully saturated rings. The Hall–Kier alpha value is -4.27. The first kappa shape index (κ1) is 28.8. The van der Waals surface area contributed by atoms with Crippen LogP contribution in [0, 0.1) is 25.5 Å². The van der Waals surface area contributed by atoms with Gasteiger partial charge in [-0.1, -0.05) is 12.1 Å². The Kier molecular flexibility index (Phi) is 8.40. The number of rotatable bonds is 8. The first-order chi connectivity index (χ1) is 20.8. The Labute approximate surface area is 250 Å². The quantitative estimate of drug-likeness (QED) is 0.217. The van der Waals surface area contributed by atoms with Gasteiger partial charge in [-0.25, -0.2) is 8.78 Å².